The summed E-state index contributed by atoms with van der Waals surface area (Å²) < 4.78 is 5.23. The van der Waals surface area contributed by atoms with Gasteiger partial charge in [-0.05, 0) is 46.2 Å². The second-order valence-corrected chi connectivity index (χ2v) is 8.08. The molecular formula is C21H31N3O2. The van der Waals surface area contributed by atoms with Crippen LogP contribution in [-0.4, -0.2) is 42.8 Å². The summed E-state index contributed by atoms with van der Waals surface area (Å²) in [5.41, 5.74) is 1.55. The highest BCUT2D eigenvalue weighted by atomic mass is 16.6. The summed E-state index contributed by atoms with van der Waals surface area (Å²) in [6.45, 7) is 18.8. The van der Waals surface area contributed by atoms with Crippen molar-refractivity contribution in [1.82, 2.24) is 10.2 Å². The SMILES string of the molecule is [C-]#[N+]C1(c2ccccc2C)CCN(CCCNC(=O)OC(C)(C)C)CC1. The molecular weight excluding hydrogens is 326 g/mol. The number of amides is 1. The molecule has 1 saturated heterocycles. The van der Waals surface area contributed by atoms with Crippen molar-refractivity contribution in [2.45, 2.75) is 58.1 Å². The van der Waals surface area contributed by atoms with E-state index in [0.717, 1.165) is 38.9 Å². The Labute approximate surface area is 157 Å². The summed E-state index contributed by atoms with van der Waals surface area (Å²) in [6.07, 6.45) is 2.25. The van der Waals surface area contributed by atoms with E-state index in [9.17, 15) is 4.79 Å². The van der Waals surface area contributed by atoms with Crippen LogP contribution in [-0.2, 0) is 10.3 Å². The van der Waals surface area contributed by atoms with E-state index in [4.69, 9.17) is 11.3 Å². The average Bonchev–Trinajstić information content (AvgIpc) is 2.58. The Balaban J connectivity index is 1.77. The van der Waals surface area contributed by atoms with Crippen LogP contribution in [0.25, 0.3) is 4.85 Å². The molecule has 2 rings (SSSR count). The quantitative estimate of drug-likeness (QED) is 0.637. The highest BCUT2D eigenvalue weighted by Crippen LogP contribution is 2.38. The van der Waals surface area contributed by atoms with Crippen LogP contribution in [0, 0.1) is 13.5 Å². The maximum Gasteiger partial charge on any atom is 0.407 e. The first-order valence-electron chi connectivity index (χ1n) is 9.40. The lowest BCUT2D eigenvalue weighted by Crippen LogP contribution is -2.42. The Bertz CT molecular complexity index is 650. The summed E-state index contributed by atoms with van der Waals surface area (Å²) >= 11 is 0. The zero-order valence-corrected chi connectivity index (χ0v) is 16.5. The van der Waals surface area contributed by atoms with E-state index in [1.54, 1.807) is 0 Å². The van der Waals surface area contributed by atoms with Gasteiger partial charge in [0, 0.05) is 38.0 Å². The Morgan fingerprint density at radius 3 is 2.54 bits per heavy atom. The molecule has 1 aromatic rings. The van der Waals surface area contributed by atoms with Crippen molar-refractivity contribution in [2.24, 2.45) is 0 Å². The minimum atomic E-state index is -0.463. The smallest absolute Gasteiger partial charge is 0.407 e. The molecule has 1 aliphatic heterocycles. The summed E-state index contributed by atoms with van der Waals surface area (Å²) in [7, 11) is 0. The van der Waals surface area contributed by atoms with Crippen LogP contribution in [0.1, 0.15) is 51.2 Å². The van der Waals surface area contributed by atoms with E-state index in [2.05, 4.69) is 34.1 Å². The maximum absolute atomic E-state index is 11.6. The number of benzene rings is 1. The Morgan fingerprint density at radius 1 is 1.31 bits per heavy atom. The first-order chi connectivity index (χ1) is 12.3. The Kier molecular flexibility index (Phi) is 6.66. The highest BCUT2D eigenvalue weighted by molar-refractivity contribution is 5.67. The molecule has 0 saturated carbocycles. The summed E-state index contributed by atoms with van der Waals surface area (Å²) in [4.78, 5) is 18.1. The number of piperidine rings is 1. The number of nitrogens with one attached hydrogen (secondary N) is 1. The van der Waals surface area contributed by atoms with Crippen molar-refractivity contribution in [3.63, 3.8) is 0 Å². The first-order valence-corrected chi connectivity index (χ1v) is 9.40. The van der Waals surface area contributed by atoms with Crippen molar-refractivity contribution in [2.75, 3.05) is 26.2 Å². The molecule has 1 amide bonds. The van der Waals surface area contributed by atoms with Crippen LogP contribution >= 0.6 is 0 Å². The number of rotatable bonds is 5. The van der Waals surface area contributed by atoms with Gasteiger partial charge >= 0.3 is 6.09 Å². The molecule has 26 heavy (non-hydrogen) atoms. The fourth-order valence-electron chi connectivity index (χ4n) is 3.49. The molecule has 0 spiro atoms. The van der Waals surface area contributed by atoms with E-state index in [1.807, 2.05) is 32.9 Å². The number of carbonyl (C=O) groups is 1. The standard InChI is InChI=1S/C21H31N3O2/c1-17-9-6-7-10-18(17)21(22-5)11-15-24(16-12-21)14-8-13-23-19(25)26-20(2,3)4/h6-7,9-10H,8,11-16H2,1-4H3,(H,23,25). The number of hydrogen-bond donors (Lipinski definition) is 1. The van der Waals surface area contributed by atoms with Crippen molar-refractivity contribution < 1.29 is 9.53 Å². The first kappa shape index (κ1) is 20.3. The maximum atomic E-state index is 11.6. The fourth-order valence-corrected chi connectivity index (χ4v) is 3.49. The Hall–Kier alpha value is -2.06. The molecule has 0 radical (unpaired) electrons. The third-order valence-corrected chi connectivity index (χ3v) is 4.86. The highest BCUT2D eigenvalue weighted by Gasteiger charge is 2.42. The summed E-state index contributed by atoms with van der Waals surface area (Å²) in [6, 6.07) is 8.26. The molecule has 1 heterocycles. The van der Waals surface area contributed by atoms with Gasteiger partial charge in [0.1, 0.15) is 5.60 Å². The predicted octanol–water partition coefficient (Wildman–Crippen LogP) is 4.12. The fraction of sp³-hybridized carbons (Fsp3) is 0.619. The van der Waals surface area contributed by atoms with Crippen LogP contribution in [0.3, 0.4) is 0 Å². The topological polar surface area (TPSA) is 45.9 Å². The van der Waals surface area contributed by atoms with E-state index < -0.39 is 5.60 Å². The molecule has 1 aliphatic rings. The molecule has 0 aliphatic carbocycles. The van der Waals surface area contributed by atoms with Gasteiger partial charge in [0.2, 0.25) is 0 Å². The lowest BCUT2D eigenvalue weighted by Gasteiger charge is -2.34. The summed E-state index contributed by atoms with van der Waals surface area (Å²) in [5, 5.41) is 2.80. The molecule has 0 atom stereocenters. The minimum absolute atomic E-state index is 0.359. The van der Waals surface area contributed by atoms with E-state index in [-0.39, 0.29) is 11.6 Å². The second kappa shape index (κ2) is 8.55. The van der Waals surface area contributed by atoms with Gasteiger partial charge in [-0.2, -0.15) is 0 Å². The molecule has 0 bridgehead atoms. The normalized spacial score (nSPS) is 17.3. The number of nitrogens with zero attached hydrogens (tertiary/aromatic N) is 2. The minimum Gasteiger partial charge on any atom is -0.444 e. The number of ether oxygens (including phenoxy) is 1. The third-order valence-electron chi connectivity index (χ3n) is 4.86. The van der Waals surface area contributed by atoms with Crippen molar-refractivity contribution in [3.05, 3.63) is 46.8 Å². The van der Waals surface area contributed by atoms with Gasteiger partial charge in [0.25, 0.3) is 5.54 Å². The lowest BCUT2D eigenvalue weighted by molar-refractivity contribution is 0.0525. The van der Waals surface area contributed by atoms with Crippen LogP contribution in [0.5, 0.6) is 0 Å². The average molecular weight is 357 g/mol. The number of likely N-dealkylation sites (tertiary alicyclic amines) is 1. The van der Waals surface area contributed by atoms with Gasteiger partial charge in [0.15, 0.2) is 0 Å². The molecule has 1 fully saturated rings. The lowest BCUT2D eigenvalue weighted by atomic mass is 9.79. The molecule has 5 nitrogen and oxygen atoms in total. The second-order valence-electron chi connectivity index (χ2n) is 8.08. The van der Waals surface area contributed by atoms with Gasteiger partial charge < -0.3 is 19.8 Å². The summed E-state index contributed by atoms with van der Waals surface area (Å²) in [5.74, 6) is 0. The third kappa shape index (κ3) is 5.47. The van der Waals surface area contributed by atoms with Crippen LogP contribution in [0.15, 0.2) is 24.3 Å². The van der Waals surface area contributed by atoms with E-state index >= 15 is 0 Å². The zero-order valence-electron chi connectivity index (χ0n) is 16.5. The van der Waals surface area contributed by atoms with E-state index in [1.165, 1.54) is 11.1 Å². The van der Waals surface area contributed by atoms with Crippen molar-refractivity contribution >= 4 is 6.09 Å². The molecule has 1 N–H and O–H groups in total. The van der Waals surface area contributed by atoms with Crippen LogP contribution < -0.4 is 5.32 Å². The number of carbonyl (C=O) groups excluding carboxylic acids is 1. The van der Waals surface area contributed by atoms with Gasteiger partial charge in [-0.25, -0.2) is 11.4 Å². The molecule has 1 aromatic carbocycles. The largest absolute Gasteiger partial charge is 0.444 e. The van der Waals surface area contributed by atoms with Gasteiger partial charge in [-0.3, -0.25) is 0 Å². The molecule has 142 valence electrons. The van der Waals surface area contributed by atoms with Crippen LogP contribution in [0.4, 0.5) is 4.79 Å². The molecule has 0 unspecified atom stereocenters. The van der Waals surface area contributed by atoms with Crippen LogP contribution in [0.2, 0.25) is 0 Å². The number of aryl methyl sites for hydroxylation is 1. The van der Waals surface area contributed by atoms with Gasteiger partial charge in [-0.1, -0.05) is 24.3 Å². The number of alkyl carbamates (subject to hydrolysis) is 1. The van der Waals surface area contributed by atoms with Crippen molar-refractivity contribution in [1.29, 1.82) is 0 Å². The molecule has 5 heteroatoms. The number of hydrogen-bond acceptors (Lipinski definition) is 3. The van der Waals surface area contributed by atoms with Crippen molar-refractivity contribution in [3.8, 4) is 0 Å². The Morgan fingerprint density at radius 2 is 1.96 bits per heavy atom. The monoisotopic (exact) mass is 357 g/mol. The van der Waals surface area contributed by atoms with Gasteiger partial charge in [-0.15, -0.1) is 0 Å². The van der Waals surface area contributed by atoms with E-state index in [0.29, 0.717) is 6.54 Å². The predicted molar refractivity (Wildman–Crippen MR) is 104 cm³/mol. The zero-order chi connectivity index (χ0) is 19.2. The molecule has 0 aromatic heterocycles. The van der Waals surface area contributed by atoms with Gasteiger partial charge in [0.05, 0.1) is 0 Å².